The van der Waals surface area contributed by atoms with Gasteiger partial charge in [-0.15, -0.1) is 0 Å². The minimum Gasteiger partial charge on any atom is -0.444 e. The van der Waals surface area contributed by atoms with Crippen molar-refractivity contribution < 1.29 is 22.7 Å². The van der Waals surface area contributed by atoms with E-state index in [1.165, 1.54) is 16.1 Å². The molecule has 210 valence electrons. The summed E-state index contributed by atoms with van der Waals surface area (Å²) in [6, 6.07) is 9.90. The first kappa shape index (κ1) is 30.1. The maximum atomic E-state index is 13.5. The Morgan fingerprint density at radius 3 is 2.26 bits per heavy atom. The molecule has 3 atom stereocenters. The van der Waals surface area contributed by atoms with Gasteiger partial charge >= 0.3 is 6.09 Å². The number of benzene rings is 1. The van der Waals surface area contributed by atoms with Gasteiger partial charge in [-0.05, 0) is 75.8 Å². The normalized spacial score (nSPS) is 22.5. The summed E-state index contributed by atoms with van der Waals surface area (Å²) in [6.45, 7) is 9.05. The number of carbonyl (C=O) groups is 2. The molecule has 8 nitrogen and oxygen atoms in total. The molecule has 0 N–H and O–H groups in total. The van der Waals surface area contributed by atoms with Crippen molar-refractivity contribution in [2.75, 3.05) is 25.9 Å². The average molecular weight is 546 g/mol. The fraction of sp³-hybridized carbons (Fsp3) is 0.690. The number of sulfonamides is 1. The molecule has 0 radical (unpaired) electrons. The molecular formula is C29H43N3O5S. The lowest BCUT2D eigenvalue weighted by molar-refractivity contribution is -0.128. The summed E-state index contributed by atoms with van der Waals surface area (Å²) in [7, 11) is -3.15. The van der Waals surface area contributed by atoms with Gasteiger partial charge < -0.3 is 4.74 Å². The molecule has 0 aliphatic carbocycles. The highest BCUT2D eigenvalue weighted by Crippen LogP contribution is 2.32. The smallest absolute Gasteiger partial charge is 0.410 e. The Bertz CT molecular complexity index is 1110. The summed E-state index contributed by atoms with van der Waals surface area (Å²) in [5.74, 6) is -0.169. The summed E-state index contributed by atoms with van der Waals surface area (Å²) >= 11 is 0. The predicted molar refractivity (Wildman–Crippen MR) is 147 cm³/mol. The second kappa shape index (κ2) is 12.6. The molecule has 1 aromatic rings. The third-order valence-corrected chi connectivity index (χ3v) is 9.03. The van der Waals surface area contributed by atoms with Gasteiger partial charge in [-0.1, -0.05) is 37.6 Å². The number of ether oxygens (including phenoxy) is 1. The van der Waals surface area contributed by atoms with Crippen LogP contribution in [0.2, 0.25) is 0 Å². The monoisotopic (exact) mass is 545 g/mol. The Balaban J connectivity index is 1.63. The van der Waals surface area contributed by atoms with Crippen LogP contribution in [0.1, 0.15) is 83.3 Å². The van der Waals surface area contributed by atoms with Crippen molar-refractivity contribution in [2.45, 2.75) is 90.2 Å². The fourth-order valence-corrected chi connectivity index (χ4v) is 6.60. The summed E-state index contributed by atoms with van der Waals surface area (Å²) in [5.41, 5.74) is 1.52. The lowest BCUT2D eigenvalue weighted by atomic mass is 9.81. The lowest BCUT2D eigenvalue weighted by Gasteiger charge is -2.40. The van der Waals surface area contributed by atoms with Crippen LogP contribution in [0, 0.1) is 23.2 Å². The van der Waals surface area contributed by atoms with Gasteiger partial charge in [0, 0.05) is 26.1 Å². The van der Waals surface area contributed by atoms with Gasteiger partial charge in [-0.25, -0.2) is 17.5 Å². The largest absolute Gasteiger partial charge is 0.444 e. The van der Waals surface area contributed by atoms with E-state index in [0.29, 0.717) is 32.0 Å². The average Bonchev–Trinajstić information content (AvgIpc) is 2.86. The first-order valence-electron chi connectivity index (χ1n) is 13.8. The third kappa shape index (κ3) is 8.03. The van der Waals surface area contributed by atoms with Crippen LogP contribution < -0.4 is 0 Å². The summed E-state index contributed by atoms with van der Waals surface area (Å²) in [4.78, 5) is 28.0. The predicted octanol–water partition coefficient (Wildman–Crippen LogP) is 4.89. The van der Waals surface area contributed by atoms with Crippen molar-refractivity contribution >= 4 is 21.9 Å². The molecule has 0 unspecified atom stereocenters. The standard InChI is InChI=1S/C29H43N3O5S/c1-6-23-8-7-15-32(28(34)37-29(2,3)4)27(23)26(33)19-22(20-30)18-21-9-11-24(12-10-21)25-13-16-31(17-14-25)38(5,35)36/h9-12,22-23,25,27H,6-8,13-19H2,1-5H3/t22-,23-,27+/m1/s1. The molecule has 2 aliphatic rings. The Kier molecular flexibility index (Phi) is 9.99. The number of nitriles is 1. The Morgan fingerprint density at radius 2 is 1.74 bits per heavy atom. The zero-order valence-electron chi connectivity index (χ0n) is 23.5. The zero-order chi connectivity index (χ0) is 28.1. The molecule has 3 rings (SSSR count). The molecule has 0 spiro atoms. The quantitative estimate of drug-likeness (QED) is 0.460. The molecule has 0 aromatic heterocycles. The van der Waals surface area contributed by atoms with Crippen LogP contribution in [0.15, 0.2) is 24.3 Å². The molecule has 2 saturated heterocycles. The first-order chi connectivity index (χ1) is 17.8. The number of piperidine rings is 2. The molecule has 2 fully saturated rings. The number of hydrogen-bond acceptors (Lipinski definition) is 6. The number of nitrogens with zero attached hydrogens (tertiary/aromatic N) is 3. The van der Waals surface area contributed by atoms with Crippen molar-refractivity contribution in [2.24, 2.45) is 11.8 Å². The van der Waals surface area contributed by atoms with E-state index in [-0.39, 0.29) is 18.1 Å². The molecule has 1 aromatic carbocycles. The van der Waals surface area contributed by atoms with Crippen LogP contribution >= 0.6 is 0 Å². The van der Waals surface area contributed by atoms with E-state index in [1.54, 1.807) is 4.90 Å². The molecule has 2 aliphatic heterocycles. The van der Waals surface area contributed by atoms with Crippen molar-refractivity contribution in [3.8, 4) is 6.07 Å². The molecular weight excluding hydrogens is 502 g/mol. The van der Waals surface area contributed by atoms with E-state index >= 15 is 0 Å². The highest BCUT2D eigenvalue weighted by molar-refractivity contribution is 7.88. The number of amides is 1. The maximum Gasteiger partial charge on any atom is 0.410 e. The minimum atomic E-state index is -3.15. The maximum absolute atomic E-state index is 13.5. The number of hydrogen-bond donors (Lipinski definition) is 0. The number of likely N-dealkylation sites (tertiary alicyclic amines) is 1. The van der Waals surface area contributed by atoms with Crippen molar-refractivity contribution in [3.05, 3.63) is 35.4 Å². The van der Waals surface area contributed by atoms with Crippen LogP contribution in [0.25, 0.3) is 0 Å². The lowest BCUT2D eigenvalue weighted by Crippen LogP contribution is -2.54. The van der Waals surface area contributed by atoms with Gasteiger partial charge in [0.2, 0.25) is 10.0 Å². The summed E-state index contributed by atoms with van der Waals surface area (Å²) in [6.07, 6.45) is 5.44. The van der Waals surface area contributed by atoms with Crippen LogP contribution in [0.3, 0.4) is 0 Å². The van der Waals surface area contributed by atoms with E-state index in [1.807, 2.05) is 39.8 Å². The number of ketones is 1. The van der Waals surface area contributed by atoms with E-state index in [2.05, 4.69) is 18.2 Å². The molecule has 1 amide bonds. The fourth-order valence-electron chi connectivity index (χ4n) is 5.72. The van der Waals surface area contributed by atoms with E-state index in [4.69, 9.17) is 4.74 Å². The molecule has 0 bridgehead atoms. The van der Waals surface area contributed by atoms with Gasteiger partial charge in [-0.3, -0.25) is 9.69 Å². The zero-order valence-corrected chi connectivity index (χ0v) is 24.3. The van der Waals surface area contributed by atoms with Crippen LogP contribution in [0.5, 0.6) is 0 Å². The third-order valence-electron chi connectivity index (χ3n) is 7.72. The van der Waals surface area contributed by atoms with Crippen molar-refractivity contribution in [1.29, 1.82) is 5.26 Å². The summed E-state index contributed by atoms with van der Waals surface area (Å²) < 4.78 is 30.7. The molecule has 2 heterocycles. The van der Waals surface area contributed by atoms with Crippen LogP contribution in [-0.2, 0) is 26.0 Å². The second-order valence-electron chi connectivity index (χ2n) is 11.8. The highest BCUT2D eigenvalue weighted by Gasteiger charge is 2.40. The molecule has 9 heteroatoms. The Labute approximate surface area is 228 Å². The number of carbonyl (C=O) groups excluding carboxylic acids is 2. The van der Waals surface area contributed by atoms with Gasteiger partial charge in [-0.2, -0.15) is 5.26 Å². The van der Waals surface area contributed by atoms with Crippen molar-refractivity contribution in [3.63, 3.8) is 0 Å². The second-order valence-corrected chi connectivity index (χ2v) is 13.8. The first-order valence-corrected chi connectivity index (χ1v) is 15.6. The van der Waals surface area contributed by atoms with E-state index in [0.717, 1.165) is 37.7 Å². The van der Waals surface area contributed by atoms with Gasteiger partial charge in [0.05, 0.1) is 24.3 Å². The SMILES string of the molecule is CC[C@@H]1CCCN(C(=O)OC(C)(C)C)[C@@H]1C(=O)C[C@H](C#N)Cc1ccc(C2CCN(S(C)(=O)=O)CC2)cc1. The van der Waals surface area contributed by atoms with Crippen LogP contribution in [0.4, 0.5) is 4.79 Å². The number of Topliss-reactive ketones (excluding diaryl/α,β-unsaturated/α-hetero) is 1. The van der Waals surface area contributed by atoms with E-state index in [9.17, 15) is 23.3 Å². The van der Waals surface area contributed by atoms with E-state index < -0.39 is 33.7 Å². The minimum absolute atomic E-state index is 0.0662. The molecule has 0 saturated carbocycles. The Hall–Kier alpha value is -2.44. The van der Waals surface area contributed by atoms with Gasteiger partial charge in [0.25, 0.3) is 0 Å². The van der Waals surface area contributed by atoms with Gasteiger partial charge in [0.15, 0.2) is 5.78 Å². The summed E-state index contributed by atoms with van der Waals surface area (Å²) in [5, 5.41) is 9.87. The molecule has 38 heavy (non-hydrogen) atoms. The number of rotatable bonds is 8. The Morgan fingerprint density at radius 1 is 1.11 bits per heavy atom. The van der Waals surface area contributed by atoms with Gasteiger partial charge in [0.1, 0.15) is 5.60 Å². The topological polar surface area (TPSA) is 108 Å². The van der Waals surface area contributed by atoms with Crippen LogP contribution in [-0.4, -0.2) is 67.0 Å². The highest BCUT2D eigenvalue weighted by atomic mass is 32.2. The van der Waals surface area contributed by atoms with Crippen molar-refractivity contribution in [1.82, 2.24) is 9.21 Å².